The van der Waals surface area contributed by atoms with E-state index in [1.165, 1.54) is 70.1 Å². The van der Waals surface area contributed by atoms with Crippen LogP contribution in [0.5, 0.6) is 0 Å². The molecule has 6 rings (SSSR count). The van der Waals surface area contributed by atoms with Crippen LogP contribution >= 0.6 is 0 Å². The quantitative estimate of drug-likeness (QED) is 0.127. The molecule has 0 unspecified atom stereocenters. The zero-order valence-electron chi connectivity index (χ0n) is 33.1. The molecule has 303 valence electrons. The Labute approximate surface area is 330 Å². The number of nitrogens with zero attached hydrogens (tertiary/aromatic N) is 7. The van der Waals surface area contributed by atoms with Gasteiger partial charge in [-0.1, -0.05) is 28.2 Å². The lowest BCUT2D eigenvalue weighted by Gasteiger charge is -2.36. The predicted molar refractivity (Wildman–Crippen MR) is 227 cm³/mol. The smallest absolute Gasteiger partial charge is 0.269 e. The minimum absolute atomic E-state index is 0. The SMILES string of the molecule is C.CCN1CCN(c2ccc(N)cc2C)CC1.CCN1CCN(c2ccc([N+](=O)[O-])cc2C)CC1.CCN1CCNCC1.Cc1cc([N+](=O)[O-])ccc1F.[B]. The number of aryl methyl sites for hydroxylation is 3. The Morgan fingerprint density at radius 3 is 1.36 bits per heavy atom. The first-order valence-electron chi connectivity index (χ1n) is 18.8. The highest BCUT2D eigenvalue weighted by atomic mass is 19.1. The Bertz CT molecular complexity index is 1600. The van der Waals surface area contributed by atoms with Gasteiger partial charge in [0.25, 0.3) is 11.4 Å². The molecule has 3 aromatic carbocycles. The monoisotopic (exact) mass is 765 g/mol. The van der Waals surface area contributed by atoms with Crippen LogP contribution in [0, 0.1) is 46.8 Å². The predicted octanol–water partition coefficient (Wildman–Crippen LogP) is 5.97. The van der Waals surface area contributed by atoms with Gasteiger partial charge >= 0.3 is 0 Å². The van der Waals surface area contributed by atoms with E-state index in [2.05, 4.69) is 69.6 Å². The summed E-state index contributed by atoms with van der Waals surface area (Å²) in [6.07, 6.45) is 0. The summed E-state index contributed by atoms with van der Waals surface area (Å²) in [5.74, 6) is -0.421. The average Bonchev–Trinajstić information content (AvgIpc) is 3.17. The number of nitro groups is 2. The summed E-state index contributed by atoms with van der Waals surface area (Å²) in [4.78, 5) is 32.1. The molecule has 3 heterocycles. The van der Waals surface area contributed by atoms with Crippen LogP contribution in [0.25, 0.3) is 0 Å². The van der Waals surface area contributed by atoms with Crippen molar-refractivity contribution in [1.29, 1.82) is 0 Å². The van der Waals surface area contributed by atoms with Crippen molar-refractivity contribution in [2.75, 3.05) is 114 Å². The topological polar surface area (TPSA) is 141 Å². The van der Waals surface area contributed by atoms with Crippen LogP contribution in [0.15, 0.2) is 54.6 Å². The van der Waals surface area contributed by atoms with Crippen molar-refractivity contribution in [2.24, 2.45) is 0 Å². The summed E-state index contributed by atoms with van der Waals surface area (Å²) < 4.78 is 12.5. The largest absolute Gasteiger partial charge is 0.399 e. The van der Waals surface area contributed by atoms with E-state index in [-0.39, 0.29) is 32.1 Å². The van der Waals surface area contributed by atoms with E-state index in [0.717, 1.165) is 81.4 Å². The van der Waals surface area contributed by atoms with Gasteiger partial charge in [-0.25, -0.2) is 4.39 Å². The fourth-order valence-corrected chi connectivity index (χ4v) is 6.52. The maximum Gasteiger partial charge on any atom is 0.269 e. The van der Waals surface area contributed by atoms with Crippen molar-refractivity contribution in [2.45, 2.75) is 49.0 Å². The zero-order chi connectivity index (χ0) is 38.9. The molecule has 13 nitrogen and oxygen atoms in total. The lowest BCUT2D eigenvalue weighted by Crippen LogP contribution is -2.46. The molecular formula is C40H64BFN9O4. The number of halogens is 1. The van der Waals surface area contributed by atoms with E-state index in [1.54, 1.807) is 12.1 Å². The minimum atomic E-state index is -0.549. The number of anilines is 3. The number of nitro benzene ring substituents is 2. The number of non-ortho nitro benzene ring substituents is 2. The Morgan fingerprint density at radius 1 is 0.618 bits per heavy atom. The number of likely N-dealkylation sites (N-methyl/N-ethyl adjacent to an activating group) is 3. The van der Waals surface area contributed by atoms with Gasteiger partial charge in [-0.05, 0) is 87.4 Å². The summed E-state index contributed by atoms with van der Waals surface area (Å²) in [5.41, 5.74) is 11.7. The van der Waals surface area contributed by atoms with Gasteiger partial charge in [0, 0.05) is 128 Å². The summed E-state index contributed by atoms with van der Waals surface area (Å²) in [6.45, 7) is 29.1. The third kappa shape index (κ3) is 15.8. The summed E-state index contributed by atoms with van der Waals surface area (Å²) in [6, 6.07) is 14.7. The molecule has 3 saturated heterocycles. The molecule has 3 aliphatic heterocycles. The first-order chi connectivity index (χ1) is 25.4. The van der Waals surface area contributed by atoms with Crippen molar-refractivity contribution >= 4 is 36.8 Å². The van der Waals surface area contributed by atoms with E-state index >= 15 is 0 Å². The molecule has 55 heavy (non-hydrogen) atoms. The maximum atomic E-state index is 12.5. The van der Waals surface area contributed by atoms with E-state index in [1.807, 2.05) is 19.1 Å². The Kier molecular flexibility index (Phi) is 22.1. The molecule has 0 spiro atoms. The van der Waals surface area contributed by atoms with Crippen LogP contribution in [0.2, 0.25) is 0 Å². The van der Waals surface area contributed by atoms with Gasteiger partial charge in [0.1, 0.15) is 5.82 Å². The highest BCUT2D eigenvalue weighted by Crippen LogP contribution is 2.26. The van der Waals surface area contributed by atoms with Crippen molar-refractivity contribution in [3.63, 3.8) is 0 Å². The molecule has 0 saturated carbocycles. The van der Waals surface area contributed by atoms with Crippen LogP contribution in [-0.4, -0.2) is 131 Å². The molecule has 3 fully saturated rings. The van der Waals surface area contributed by atoms with E-state index < -0.39 is 10.7 Å². The fourth-order valence-electron chi connectivity index (χ4n) is 6.52. The molecule has 15 heteroatoms. The second-order valence-electron chi connectivity index (χ2n) is 13.5. The highest BCUT2D eigenvalue weighted by Gasteiger charge is 2.19. The van der Waals surface area contributed by atoms with Gasteiger partial charge in [-0.2, -0.15) is 0 Å². The fraction of sp³-hybridized carbons (Fsp3) is 0.550. The van der Waals surface area contributed by atoms with Crippen LogP contribution in [0.4, 0.5) is 32.8 Å². The Hall–Kier alpha value is -4.31. The highest BCUT2D eigenvalue weighted by molar-refractivity contribution is 5.75. The molecule has 0 bridgehead atoms. The first kappa shape index (κ1) is 48.7. The average molecular weight is 765 g/mol. The molecule has 3 aliphatic rings. The number of piperazine rings is 3. The third-order valence-corrected chi connectivity index (χ3v) is 9.94. The van der Waals surface area contributed by atoms with Crippen molar-refractivity contribution < 1.29 is 14.2 Å². The van der Waals surface area contributed by atoms with Crippen LogP contribution in [0.1, 0.15) is 44.9 Å². The Morgan fingerprint density at radius 2 is 1.00 bits per heavy atom. The second kappa shape index (κ2) is 25.0. The number of hydrogen-bond acceptors (Lipinski definition) is 11. The lowest BCUT2D eigenvalue weighted by molar-refractivity contribution is -0.385. The lowest BCUT2D eigenvalue weighted by atomic mass is 10.1. The van der Waals surface area contributed by atoms with Crippen molar-refractivity contribution in [3.05, 3.63) is 97.3 Å². The number of nitrogens with one attached hydrogen (secondary N) is 1. The molecule has 0 aromatic heterocycles. The van der Waals surface area contributed by atoms with Gasteiger partial charge < -0.3 is 35.6 Å². The van der Waals surface area contributed by atoms with E-state index in [4.69, 9.17) is 5.73 Å². The van der Waals surface area contributed by atoms with Gasteiger partial charge in [-0.3, -0.25) is 20.2 Å². The molecule has 3 N–H and O–H groups in total. The molecule has 3 radical (unpaired) electrons. The number of nitrogens with two attached hydrogens (primary N) is 1. The van der Waals surface area contributed by atoms with Gasteiger partial charge in [0.15, 0.2) is 0 Å². The zero-order valence-corrected chi connectivity index (χ0v) is 33.1. The van der Waals surface area contributed by atoms with Crippen LogP contribution in [0.3, 0.4) is 0 Å². The standard InChI is InChI=1S/C13H19N3O2.C13H21N3.C7H6FNO2.C6H14N2.CH4.B/c1-3-14-6-8-15(9-7-14)13-5-4-12(16(17)18)10-11(13)2;1-3-15-6-8-16(9-7-15)13-5-4-12(14)10-11(13)2;1-5-4-6(9(10)11)2-3-7(5)8;1-2-8-5-3-7-4-6-8;;/h4-5,10H,3,6-9H2,1-2H3;4-5,10H,3,6-9,14H2,1-2H3;2-4H,1H3;7H,2-6H2,1H3;1H4;. The third-order valence-electron chi connectivity index (χ3n) is 9.94. The maximum absolute atomic E-state index is 12.5. The number of benzene rings is 3. The number of hydrogen-bond donors (Lipinski definition) is 2. The second-order valence-corrected chi connectivity index (χ2v) is 13.5. The minimum Gasteiger partial charge on any atom is -0.399 e. The van der Waals surface area contributed by atoms with Gasteiger partial charge in [0.05, 0.1) is 9.85 Å². The summed E-state index contributed by atoms with van der Waals surface area (Å²) in [7, 11) is 0. The van der Waals surface area contributed by atoms with Crippen LogP contribution in [-0.2, 0) is 0 Å². The van der Waals surface area contributed by atoms with E-state index in [0.29, 0.717) is 5.56 Å². The number of rotatable bonds is 7. The van der Waals surface area contributed by atoms with Gasteiger partial charge in [-0.15, -0.1) is 0 Å². The number of nitrogen functional groups attached to an aromatic ring is 1. The van der Waals surface area contributed by atoms with Gasteiger partial charge in [0.2, 0.25) is 0 Å². The van der Waals surface area contributed by atoms with E-state index in [9.17, 15) is 24.6 Å². The van der Waals surface area contributed by atoms with Crippen molar-refractivity contribution in [3.8, 4) is 0 Å². The summed E-state index contributed by atoms with van der Waals surface area (Å²) >= 11 is 0. The molecule has 3 aromatic rings. The molecule has 0 atom stereocenters. The molecule has 0 amide bonds. The molecular weight excluding hydrogens is 700 g/mol. The molecule has 0 aliphatic carbocycles. The normalized spacial score (nSPS) is 16.1. The summed E-state index contributed by atoms with van der Waals surface area (Å²) in [5, 5.41) is 24.2. The van der Waals surface area contributed by atoms with Crippen LogP contribution < -0.4 is 20.9 Å². The van der Waals surface area contributed by atoms with Crippen molar-refractivity contribution in [1.82, 2.24) is 20.0 Å². The first-order valence-corrected chi connectivity index (χ1v) is 18.8. The Balaban J connectivity index is 0.000000377.